The zero-order valence-electron chi connectivity index (χ0n) is 11.4. The molecule has 5 nitrogen and oxygen atoms in total. The van der Waals surface area contributed by atoms with E-state index in [9.17, 15) is 9.59 Å². The lowest BCUT2D eigenvalue weighted by Gasteiger charge is -2.11. The van der Waals surface area contributed by atoms with Gasteiger partial charge >= 0.3 is 0 Å². The molecule has 0 aliphatic heterocycles. The summed E-state index contributed by atoms with van der Waals surface area (Å²) in [6.07, 6.45) is 0. The van der Waals surface area contributed by atoms with Crippen LogP contribution < -0.4 is 10.6 Å². The number of carbonyl (C=O) groups is 2. The van der Waals surface area contributed by atoms with E-state index in [1.54, 1.807) is 38.4 Å². The number of hydrogen-bond acceptors (Lipinski definition) is 3. The molecule has 2 amide bonds. The topological polar surface area (TPSA) is 61.4 Å². The fourth-order valence-corrected chi connectivity index (χ4v) is 1.45. The van der Waals surface area contributed by atoms with Crippen molar-refractivity contribution in [2.24, 2.45) is 0 Å². The zero-order valence-corrected chi connectivity index (χ0v) is 12.2. The van der Waals surface area contributed by atoms with Crippen LogP contribution in [0.2, 0.25) is 0 Å². The van der Waals surface area contributed by atoms with Crippen molar-refractivity contribution in [2.75, 3.05) is 34.2 Å². The second-order valence-electron chi connectivity index (χ2n) is 4.14. The van der Waals surface area contributed by atoms with Gasteiger partial charge in [-0.05, 0) is 25.2 Å². The van der Waals surface area contributed by atoms with Gasteiger partial charge < -0.3 is 15.5 Å². The van der Waals surface area contributed by atoms with Crippen molar-refractivity contribution in [3.05, 3.63) is 35.4 Å². The summed E-state index contributed by atoms with van der Waals surface area (Å²) in [6.45, 7) is 1.27. The van der Waals surface area contributed by atoms with Crippen LogP contribution in [0.3, 0.4) is 0 Å². The number of hydrogen-bond donors (Lipinski definition) is 2. The van der Waals surface area contributed by atoms with Crippen LogP contribution in [0.25, 0.3) is 0 Å². The van der Waals surface area contributed by atoms with Crippen LogP contribution in [0, 0.1) is 0 Å². The maximum atomic E-state index is 11.8. The van der Waals surface area contributed by atoms with Crippen LogP contribution in [-0.4, -0.2) is 50.9 Å². The van der Waals surface area contributed by atoms with Crippen LogP contribution in [0.1, 0.15) is 20.7 Å². The highest BCUT2D eigenvalue weighted by molar-refractivity contribution is 5.99. The molecule has 0 saturated carbocycles. The lowest BCUT2D eigenvalue weighted by Crippen LogP contribution is -2.30. The molecule has 0 aliphatic carbocycles. The van der Waals surface area contributed by atoms with E-state index in [4.69, 9.17) is 0 Å². The van der Waals surface area contributed by atoms with Crippen molar-refractivity contribution in [2.45, 2.75) is 0 Å². The van der Waals surface area contributed by atoms with E-state index >= 15 is 0 Å². The maximum absolute atomic E-state index is 11.8. The first-order valence-corrected chi connectivity index (χ1v) is 5.80. The number of nitrogens with one attached hydrogen (secondary N) is 2. The number of nitrogens with zero attached hydrogens (tertiary/aromatic N) is 1. The van der Waals surface area contributed by atoms with Crippen molar-refractivity contribution in [1.29, 1.82) is 0 Å². The van der Waals surface area contributed by atoms with Crippen LogP contribution in [0.15, 0.2) is 24.3 Å². The lowest BCUT2D eigenvalue weighted by atomic mass is 10.1. The third kappa shape index (κ3) is 5.28. The highest BCUT2D eigenvalue weighted by Gasteiger charge is 2.11. The highest BCUT2D eigenvalue weighted by Crippen LogP contribution is 2.07. The second-order valence-corrected chi connectivity index (χ2v) is 4.14. The summed E-state index contributed by atoms with van der Waals surface area (Å²) in [4.78, 5) is 25.0. The van der Waals surface area contributed by atoms with Crippen LogP contribution >= 0.6 is 12.4 Å². The molecule has 1 rings (SSSR count). The molecule has 0 fully saturated rings. The molecule has 0 aliphatic rings. The molecule has 0 bridgehead atoms. The summed E-state index contributed by atoms with van der Waals surface area (Å²) >= 11 is 0. The van der Waals surface area contributed by atoms with E-state index in [1.165, 1.54) is 4.90 Å². The summed E-state index contributed by atoms with van der Waals surface area (Å²) in [5.41, 5.74) is 1.01. The minimum atomic E-state index is -0.168. The number of carbonyl (C=O) groups excluding carboxylic acids is 2. The molecule has 0 heterocycles. The Morgan fingerprint density at radius 1 is 1.16 bits per heavy atom. The quantitative estimate of drug-likeness (QED) is 0.785. The van der Waals surface area contributed by atoms with E-state index in [2.05, 4.69) is 10.6 Å². The summed E-state index contributed by atoms with van der Waals surface area (Å²) in [5.74, 6) is -0.279. The number of likely N-dealkylation sites (N-methyl/N-ethyl adjacent to an activating group) is 1. The van der Waals surface area contributed by atoms with Gasteiger partial charge in [0, 0.05) is 38.3 Å². The Balaban J connectivity index is 0.00000324. The van der Waals surface area contributed by atoms with Crippen molar-refractivity contribution < 1.29 is 9.59 Å². The van der Waals surface area contributed by atoms with E-state index < -0.39 is 0 Å². The number of benzene rings is 1. The van der Waals surface area contributed by atoms with Crippen LogP contribution in [0.5, 0.6) is 0 Å². The molecule has 0 aromatic heterocycles. The molecule has 19 heavy (non-hydrogen) atoms. The Labute approximate surface area is 119 Å². The first kappa shape index (κ1) is 17.4. The monoisotopic (exact) mass is 285 g/mol. The van der Waals surface area contributed by atoms with E-state index in [0.29, 0.717) is 24.2 Å². The molecule has 6 heteroatoms. The Morgan fingerprint density at radius 3 is 2.37 bits per heavy atom. The van der Waals surface area contributed by atoms with E-state index in [0.717, 1.165) is 0 Å². The standard InChI is InChI=1S/C13H19N3O2.ClH/c1-14-7-8-15-12(17)10-5-4-6-11(9-10)13(18)16(2)3;/h4-6,9,14H,7-8H2,1-3H3,(H,15,17);1H. The normalized spacial score (nSPS) is 9.42. The van der Waals surface area contributed by atoms with Gasteiger partial charge in [-0.2, -0.15) is 0 Å². The molecule has 106 valence electrons. The van der Waals surface area contributed by atoms with Gasteiger partial charge in [0.05, 0.1) is 0 Å². The Kier molecular flexibility index (Phi) is 7.79. The molecule has 0 saturated heterocycles. The average Bonchev–Trinajstić information content (AvgIpc) is 2.38. The van der Waals surface area contributed by atoms with Crippen molar-refractivity contribution in [1.82, 2.24) is 15.5 Å². The third-order valence-electron chi connectivity index (χ3n) is 2.44. The van der Waals surface area contributed by atoms with Gasteiger partial charge in [0.25, 0.3) is 11.8 Å². The summed E-state index contributed by atoms with van der Waals surface area (Å²) in [7, 11) is 5.19. The van der Waals surface area contributed by atoms with Crippen LogP contribution in [0.4, 0.5) is 0 Å². The predicted molar refractivity (Wildman–Crippen MR) is 78.0 cm³/mol. The van der Waals surface area contributed by atoms with E-state index in [1.807, 2.05) is 7.05 Å². The Morgan fingerprint density at radius 2 is 1.79 bits per heavy atom. The first-order valence-electron chi connectivity index (χ1n) is 5.80. The second kappa shape index (κ2) is 8.50. The minimum absolute atomic E-state index is 0. The fraction of sp³-hybridized carbons (Fsp3) is 0.385. The zero-order chi connectivity index (χ0) is 13.5. The SMILES string of the molecule is CNCCNC(=O)c1cccc(C(=O)N(C)C)c1.Cl. The summed E-state index contributed by atoms with van der Waals surface area (Å²) in [5, 5.41) is 5.71. The predicted octanol–water partition coefficient (Wildman–Crippen LogP) is 0.759. The van der Waals surface area contributed by atoms with Gasteiger partial charge in [0.15, 0.2) is 0 Å². The van der Waals surface area contributed by atoms with Crippen LogP contribution in [-0.2, 0) is 0 Å². The molecule has 1 aromatic carbocycles. The van der Waals surface area contributed by atoms with Crippen molar-refractivity contribution in [3.63, 3.8) is 0 Å². The number of amides is 2. The maximum Gasteiger partial charge on any atom is 0.253 e. The number of halogens is 1. The molecule has 1 aromatic rings. The minimum Gasteiger partial charge on any atom is -0.351 e. The van der Waals surface area contributed by atoms with Gasteiger partial charge in [-0.3, -0.25) is 9.59 Å². The Hall–Kier alpha value is -1.59. The summed E-state index contributed by atoms with van der Waals surface area (Å²) < 4.78 is 0. The average molecular weight is 286 g/mol. The molecule has 0 unspecified atom stereocenters. The molecule has 2 N–H and O–H groups in total. The molecule has 0 spiro atoms. The molecule has 0 radical (unpaired) electrons. The number of rotatable bonds is 5. The molecule has 0 atom stereocenters. The fourth-order valence-electron chi connectivity index (χ4n) is 1.45. The molecular formula is C13H20ClN3O2. The largest absolute Gasteiger partial charge is 0.351 e. The van der Waals surface area contributed by atoms with Crippen molar-refractivity contribution >= 4 is 24.2 Å². The first-order chi connectivity index (χ1) is 8.56. The van der Waals surface area contributed by atoms with Gasteiger partial charge in [-0.25, -0.2) is 0 Å². The lowest BCUT2D eigenvalue weighted by molar-refractivity contribution is 0.0827. The Bertz CT molecular complexity index is 436. The van der Waals surface area contributed by atoms with Gasteiger partial charge in [0.1, 0.15) is 0 Å². The van der Waals surface area contributed by atoms with Gasteiger partial charge in [0.2, 0.25) is 0 Å². The third-order valence-corrected chi connectivity index (χ3v) is 2.44. The molecular weight excluding hydrogens is 266 g/mol. The van der Waals surface area contributed by atoms with Gasteiger partial charge in [-0.1, -0.05) is 6.07 Å². The highest BCUT2D eigenvalue weighted by atomic mass is 35.5. The van der Waals surface area contributed by atoms with E-state index in [-0.39, 0.29) is 24.2 Å². The van der Waals surface area contributed by atoms with Gasteiger partial charge in [-0.15, -0.1) is 12.4 Å². The van der Waals surface area contributed by atoms with Crippen molar-refractivity contribution in [3.8, 4) is 0 Å². The smallest absolute Gasteiger partial charge is 0.253 e. The summed E-state index contributed by atoms with van der Waals surface area (Å²) in [6, 6.07) is 6.72.